The van der Waals surface area contributed by atoms with Crippen LogP contribution in [0.3, 0.4) is 0 Å². The maximum atomic E-state index is 13.0. The Morgan fingerprint density at radius 2 is 2.00 bits per heavy atom. The van der Waals surface area contributed by atoms with Crippen molar-refractivity contribution in [2.24, 2.45) is 0 Å². The molecule has 0 radical (unpaired) electrons. The number of pyridine rings is 1. The molecule has 1 aromatic heterocycles. The first-order valence-electron chi connectivity index (χ1n) is 7.75. The van der Waals surface area contributed by atoms with Gasteiger partial charge in [-0.3, -0.25) is 9.78 Å². The summed E-state index contributed by atoms with van der Waals surface area (Å²) in [6.07, 6.45) is 1.37. The molecule has 3 rings (SSSR count). The largest absolute Gasteiger partial charge is 0.478 e. The van der Waals surface area contributed by atoms with Crippen molar-refractivity contribution in [2.75, 3.05) is 12.3 Å². The Balaban J connectivity index is 1.94. The fraction of sp³-hybridized carbons (Fsp3) is 0.278. The van der Waals surface area contributed by atoms with Crippen molar-refractivity contribution in [2.45, 2.75) is 18.2 Å². The molecular weight excluding hydrogens is 324 g/mol. The molecule has 0 bridgehead atoms. The smallest absolute Gasteiger partial charge is 0.335 e. The molecule has 2 atom stereocenters. The third kappa shape index (κ3) is 3.28. The van der Waals surface area contributed by atoms with Crippen LogP contribution in [0.5, 0.6) is 0 Å². The molecule has 1 N–H and O–H groups in total. The molecule has 24 heavy (non-hydrogen) atoms. The SMILES string of the molecule is CC1SCCN(C(=O)c2cc(C(=O)O)ccn2)C1c1ccccc1. The summed E-state index contributed by atoms with van der Waals surface area (Å²) in [7, 11) is 0. The maximum absolute atomic E-state index is 13.0. The summed E-state index contributed by atoms with van der Waals surface area (Å²) in [4.78, 5) is 30.0. The van der Waals surface area contributed by atoms with Gasteiger partial charge in [0.2, 0.25) is 0 Å². The molecule has 1 amide bonds. The number of thioether (sulfide) groups is 1. The van der Waals surface area contributed by atoms with E-state index in [1.807, 2.05) is 47.0 Å². The van der Waals surface area contributed by atoms with Crippen LogP contribution in [0.25, 0.3) is 0 Å². The predicted octanol–water partition coefficient (Wildman–Crippen LogP) is 3.10. The van der Waals surface area contributed by atoms with E-state index in [9.17, 15) is 9.59 Å². The van der Waals surface area contributed by atoms with E-state index in [2.05, 4.69) is 11.9 Å². The Kier molecular flexibility index (Phi) is 4.85. The number of benzene rings is 1. The van der Waals surface area contributed by atoms with Crippen LogP contribution < -0.4 is 0 Å². The Bertz CT molecular complexity index is 751. The Morgan fingerprint density at radius 3 is 2.71 bits per heavy atom. The van der Waals surface area contributed by atoms with Gasteiger partial charge in [0, 0.05) is 23.7 Å². The summed E-state index contributed by atoms with van der Waals surface area (Å²) in [5.41, 5.74) is 1.33. The third-order valence-corrected chi connectivity index (χ3v) is 5.32. The minimum absolute atomic E-state index is 0.0484. The highest BCUT2D eigenvalue weighted by atomic mass is 32.2. The van der Waals surface area contributed by atoms with Gasteiger partial charge >= 0.3 is 5.97 Å². The van der Waals surface area contributed by atoms with E-state index in [1.54, 1.807) is 0 Å². The molecule has 6 heteroatoms. The van der Waals surface area contributed by atoms with Gasteiger partial charge in [-0.15, -0.1) is 0 Å². The van der Waals surface area contributed by atoms with Crippen LogP contribution in [0, 0.1) is 0 Å². The number of hydrogen-bond donors (Lipinski definition) is 1. The molecule has 1 aromatic carbocycles. The molecule has 0 saturated carbocycles. The van der Waals surface area contributed by atoms with E-state index < -0.39 is 5.97 Å². The highest BCUT2D eigenvalue weighted by molar-refractivity contribution is 8.00. The second kappa shape index (κ2) is 7.05. The van der Waals surface area contributed by atoms with Gasteiger partial charge < -0.3 is 10.0 Å². The summed E-state index contributed by atoms with van der Waals surface area (Å²) < 4.78 is 0. The monoisotopic (exact) mass is 342 g/mol. The fourth-order valence-corrected chi connectivity index (χ4v) is 4.14. The molecule has 2 aromatic rings. The second-order valence-corrected chi connectivity index (χ2v) is 7.15. The molecule has 2 unspecified atom stereocenters. The van der Waals surface area contributed by atoms with Crippen LogP contribution in [-0.4, -0.2) is 44.4 Å². The van der Waals surface area contributed by atoms with E-state index >= 15 is 0 Å². The summed E-state index contributed by atoms with van der Waals surface area (Å²) >= 11 is 1.84. The Labute approximate surface area is 144 Å². The van der Waals surface area contributed by atoms with Gasteiger partial charge in [-0.25, -0.2) is 4.79 Å². The lowest BCUT2D eigenvalue weighted by Crippen LogP contribution is -2.44. The summed E-state index contributed by atoms with van der Waals surface area (Å²) in [5.74, 6) is -0.428. The number of amides is 1. The summed E-state index contributed by atoms with van der Waals surface area (Å²) in [6, 6.07) is 12.6. The molecule has 5 nitrogen and oxygen atoms in total. The van der Waals surface area contributed by atoms with Crippen molar-refractivity contribution < 1.29 is 14.7 Å². The molecule has 0 aliphatic carbocycles. The molecule has 1 aliphatic rings. The molecule has 1 saturated heterocycles. The van der Waals surface area contributed by atoms with Crippen molar-refractivity contribution in [1.29, 1.82) is 0 Å². The van der Waals surface area contributed by atoms with Crippen molar-refractivity contribution >= 4 is 23.6 Å². The van der Waals surface area contributed by atoms with Crippen LogP contribution in [0.2, 0.25) is 0 Å². The van der Waals surface area contributed by atoms with Gasteiger partial charge in [0.25, 0.3) is 5.91 Å². The van der Waals surface area contributed by atoms with Gasteiger partial charge in [0.15, 0.2) is 0 Å². The number of carboxylic acid groups (broad SMARTS) is 1. The number of aromatic carboxylic acids is 1. The highest BCUT2D eigenvalue weighted by Crippen LogP contribution is 2.36. The molecule has 1 fully saturated rings. The van der Waals surface area contributed by atoms with Gasteiger partial charge in [-0.2, -0.15) is 11.8 Å². The summed E-state index contributed by atoms with van der Waals surface area (Å²) in [6.45, 7) is 2.73. The lowest BCUT2D eigenvalue weighted by atomic mass is 10.0. The van der Waals surface area contributed by atoms with Gasteiger partial charge in [-0.1, -0.05) is 37.3 Å². The number of aromatic nitrogens is 1. The normalized spacial score (nSPS) is 20.6. The van der Waals surface area contributed by atoms with E-state index in [0.717, 1.165) is 11.3 Å². The van der Waals surface area contributed by atoms with Crippen LogP contribution in [0.15, 0.2) is 48.7 Å². The van der Waals surface area contributed by atoms with E-state index in [4.69, 9.17) is 5.11 Å². The molecule has 1 aliphatic heterocycles. The topological polar surface area (TPSA) is 70.5 Å². The molecular formula is C18H18N2O3S. The quantitative estimate of drug-likeness (QED) is 0.928. The van der Waals surface area contributed by atoms with E-state index in [1.165, 1.54) is 18.3 Å². The van der Waals surface area contributed by atoms with Crippen molar-refractivity contribution in [3.63, 3.8) is 0 Å². The summed E-state index contributed by atoms with van der Waals surface area (Å²) in [5, 5.41) is 9.37. The van der Waals surface area contributed by atoms with Gasteiger partial charge in [0.05, 0.1) is 11.6 Å². The minimum atomic E-state index is -1.06. The van der Waals surface area contributed by atoms with Crippen LogP contribution in [-0.2, 0) is 0 Å². The maximum Gasteiger partial charge on any atom is 0.335 e. The van der Waals surface area contributed by atoms with Crippen LogP contribution in [0.1, 0.15) is 39.4 Å². The van der Waals surface area contributed by atoms with Crippen molar-refractivity contribution in [1.82, 2.24) is 9.88 Å². The first-order valence-corrected chi connectivity index (χ1v) is 8.79. The van der Waals surface area contributed by atoms with E-state index in [-0.39, 0.29) is 28.5 Å². The Hall–Kier alpha value is -2.34. The molecule has 2 heterocycles. The molecule has 124 valence electrons. The predicted molar refractivity (Wildman–Crippen MR) is 93.3 cm³/mol. The van der Waals surface area contributed by atoms with Gasteiger partial charge in [-0.05, 0) is 17.7 Å². The van der Waals surface area contributed by atoms with Crippen molar-refractivity contribution in [3.05, 3.63) is 65.5 Å². The first-order chi connectivity index (χ1) is 11.6. The molecule has 0 spiro atoms. The third-order valence-electron chi connectivity index (χ3n) is 4.12. The Morgan fingerprint density at radius 1 is 1.25 bits per heavy atom. The zero-order valence-corrected chi connectivity index (χ0v) is 14.1. The highest BCUT2D eigenvalue weighted by Gasteiger charge is 2.34. The second-order valence-electron chi connectivity index (χ2n) is 5.66. The van der Waals surface area contributed by atoms with Gasteiger partial charge in [0.1, 0.15) is 5.69 Å². The van der Waals surface area contributed by atoms with E-state index in [0.29, 0.717) is 6.54 Å². The van der Waals surface area contributed by atoms with Crippen LogP contribution >= 0.6 is 11.8 Å². The average molecular weight is 342 g/mol. The number of hydrogen-bond acceptors (Lipinski definition) is 4. The number of rotatable bonds is 3. The average Bonchev–Trinajstić information content (AvgIpc) is 2.61. The minimum Gasteiger partial charge on any atom is -0.478 e. The standard InChI is InChI=1S/C18H18N2O3S/c1-12-16(13-5-3-2-4-6-13)20(9-10-24-12)17(21)15-11-14(18(22)23)7-8-19-15/h2-8,11-12,16H,9-10H2,1H3,(H,22,23). The fourth-order valence-electron chi connectivity index (χ4n) is 2.98. The first kappa shape index (κ1) is 16.5. The number of carbonyl (C=O) groups is 2. The zero-order chi connectivity index (χ0) is 17.1. The van der Waals surface area contributed by atoms with Crippen LogP contribution in [0.4, 0.5) is 0 Å². The lowest BCUT2D eigenvalue weighted by Gasteiger charge is -2.39. The number of carboxylic acids is 1. The zero-order valence-electron chi connectivity index (χ0n) is 13.3. The lowest BCUT2D eigenvalue weighted by molar-refractivity contribution is 0.0674. The number of carbonyl (C=O) groups excluding carboxylic acids is 1. The number of nitrogens with zero attached hydrogens (tertiary/aromatic N) is 2. The van der Waals surface area contributed by atoms with Crippen molar-refractivity contribution in [3.8, 4) is 0 Å².